The highest BCUT2D eigenvalue weighted by Gasteiger charge is 2.08. The third-order valence-corrected chi connectivity index (χ3v) is 2.54. The van der Waals surface area contributed by atoms with Crippen molar-refractivity contribution in [1.29, 1.82) is 0 Å². The van der Waals surface area contributed by atoms with Gasteiger partial charge in [-0.05, 0) is 31.9 Å². The summed E-state index contributed by atoms with van der Waals surface area (Å²) < 4.78 is 9.73. The lowest BCUT2D eigenvalue weighted by molar-refractivity contribution is -0.140. The molecule has 0 saturated heterocycles. The third kappa shape index (κ3) is 5.03. The molecule has 0 unspecified atom stereocenters. The Labute approximate surface area is 106 Å². The second-order valence-electron chi connectivity index (χ2n) is 4.05. The molecule has 0 aliphatic rings. The third-order valence-electron chi connectivity index (χ3n) is 2.54. The molecule has 0 bridgehead atoms. The summed E-state index contributed by atoms with van der Waals surface area (Å²) in [5.74, 6) is 0.668. The number of amides is 1. The molecule has 1 amide bonds. The van der Waals surface area contributed by atoms with Crippen molar-refractivity contribution in [2.75, 3.05) is 13.7 Å². The highest BCUT2D eigenvalue weighted by Crippen LogP contribution is 2.06. The van der Waals surface area contributed by atoms with Crippen molar-refractivity contribution < 1.29 is 18.7 Å². The lowest BCUT2D eigenvalue weighted by Gasteiger charge is -2.03. The van der Waals surface area contributed by atoms with E-state index in [1.165, 1.54) is 7.11 Å². The molecular formula is C13H19NO4. The molecule has 0 atom stereocenters. The summed E-state index contributed by atoms with van der Waals surface area (Å²) in [5, 5.41) is 2.77. The van der Waals surface area contributed by atoms with E-state index in [-0.39, 0.29) is 11.9 Å². The number of hydrogen-bond donors (Lipinski definition) is 1. The van der Waals surface area contributed by atoms with Crippen LogP contribution >= 0.6 is 0 Å². The minimum absolute atomic E-state index is 0.190. The summed E-state index contributed by atoms with van der Waals surface area (Å²) in [6, 6.07) is 3.41. The van der Waals surface area contributed by atoms with Gasteiger partial charge in [-0.1, -0.05) is 6.42 Å². The van der Waals surface area contributed by atoms with Crippen LogP contribution in [0.25, 0.3) is 0 Å². The molecule has 1 rings (SSSR count). The summed E-state index contributed by atoms with van der Waals surface area (Å²) in [6.07, 6.45) is 2.93. The van der Waals surface area contributed by atoms with Crippen molar-refractivity contribution in [3.63, 3.8) is 0 Å². The van der Waals surface area contributed by atoms with E-state index >= 15 is 0 Å². The monoisotopic (exact) mass is 253 g/mol. The number of esters is 1. The van der Waals surface area contributed by atoms with E-state index in [0.717, 1.165) is 25.0 Å². The van der Waals surface area contributed by atoms with E-state index in [4.69, 9.17) is 4.42 Å². The first-order chi connectivity index (χ1) is 8.63. The van der Waals surface area contributed by atoms with Crippen LogP contribution in [0, 0.1) is 6.92 Å². The van der Waals surface area contributed by atoms with Crippen LogP contribution in [0.1, 0.15) is 42.0 Å². The SMILES string of the molecule is COC(=O)CCCCCNC(=O)c1ccc(C)o1. The smallest absolute Gasteiger partial charge is 0.305 e. The van der Waals surface area contributed by atoms with Gasteiger partial charge >= 0.3 is 5.97 Å². The number of furan rings is 1. The summed E-state index contributed by atoms with van der Waals surface area (Å²) in [6.45, 7) is 2.38. The van der Waals surface area contributed by atoms with Crippen LogP contribution in [0.3, 0.4) is 0 Å². The topological polar surface area (TPSA) is 68.5 Å². The van der Waals surface area contributed by atoms with Crippen molar-refractivity contribution in [2.24, 2.45) is 0 Å². The largest absolute Gasteiger partial charge is 0.469 e. The first-order valence-electron chi connectivity index (χ1n) is 6.05. The Hall–Kier alpha value is -1.78. The number of rotatable bonds is 7. The first-order valence-corrected chi connectivity index (χ1v) is 6.05. The van der Waals surface area contributed by atoms with Crippen molar-refractivity contribution in [3.05, 3.63) is 23.7 Å². The average Bonchev–Trinajstić information content (AvgIpc) is 2.79. The Morgan fingerprint density at radius 2 is 2.06 bits per heavy atom. The van der Waals surface area contributed by atoms with Gasteiger partial charge < -0.3 is 14.5 Å². The lowest BCUT2D eigenvalue weighted by Crippen LogP contribution is -2.23. The van der Waals surface area contributed by atoms with Gasteiger partial charge in [-0.15, -0.1) is 0 Å². The number of aryl methyl sites for hydroxylation is 1. The molecule has 0 fully saturated rings. The van der Waals surface area contributed by atoms with Crippen LogP contribution in [0.15, 0.2) is 16.5 Å². The summed E-state index contributed by atoms with van der Waals surface area (Å²) in [7, 11) is 1.38. The maximum atomic E-state index is 11.6. The average molecular weight is 253 g/mol. The van der Waals surface area contributed by atoms with Crippen molar-refractivity contribution >= 4 is 11.9 Å². The summed E-state index contributed by atoms with van der Waals surface area (Å²) >= 11 is 0. The predicted octanol–water partition coefficient (Wildman–Crippen LogP) is 2.05. The van der Waals surface area contributed by atoms with Gasteiger partial charge in [-0.2, -0.15) is 0 Å². The minimum atomic E-state index is -0.198. The Morgan fingerprint density at radius 3 is 2.67 bits per heavy atom. The van der Waals surface area contributed by atoms with E-state index in [2.05, 4.69) is 10.1 Å². The Kier molecular flexibility index (Phi) is 5.97. The molecule has 100 valence electrons. The van der Waals surface area contributed by atoms with Crippen LogP contribution in [0.4, 0.5) is 0 Å². The van der Waals surface area contributed by atoms with Crippen molar-refractivity contribution in [2.45, 2.75) is 32.6 Å². The molecule has 0 aliphatic heterocycles. The van der Waals surface area contributed by atoms with Crippen LogP contribution in [-0.4, -0.2) is 25.5 Å². The molecule has 0 aliphatic carbocycles. The maximum Gasteiger partial charge on any atom is 0.305 e. The molecule has 18 heavy (non-hydrogen) atoms. The molecule has 0 radical (unpaired) electrons. The van der Waals surface area contributed by atoms with E-state index < -0.39 is 0 Å². The van der Waals surface area contributed by atoms with Gasteiger partial charge in [0.1, 0.15) is 5.76 Å². The molecule has 5 nitrogen and oxygen atoms in total. The standard InChI is InChI=1S/C13H19NO4/c1-10-7-8-11(18-10)13(16)14-9-5-3-4-6-12(15)17-2/h7-8H,3-6,9H2,1-2H3,(H,14,16). The molecule has 0 spiro atoms. The highest BCUT2D eigenvalue weighted by molar-refractivity contribution is 5.91. The van der Waals surface area contributed by atoms with E-state index in [9.17, 15) is 9.59 Å². The van der Waals surface area contributed by atoms with E-state index in [1.807, 2.05) is 0 Å². The van der Waals surface area contributed by atoms with Gasteiger partial charge in [0.2, 0.25) is 0 Å². The van der Waals surface area contributed by atoms with Crippen molar-refractivity contribution in [1.82, 2.24) is 5.32 Å². The molecular weight excluding hydrogens is 234 g/mol. The molecule has 1 aromatic rings. The first kappa shape index (κ1) is 14.3. The Bertz CT molecular complexity index is 397. The number of carbonyl (C=O) groups excluding carboxylic acids is 2. The van der Waals surface area contributed by atoms with Crippen LogP contribution in [0.5, 0.6) is 0 Å². The number of methoxy groups -OCH3 is 1. The number of hydrogen-bond acceptors (Lipinski definition) is 4. The van der Waals surface area contributed by atoms with Gasteiger partial charge in [0, 0.05) is 13.0 Å². The number of ether oxygens (including phenoxy) is 1. The van der Waals surface area contributed by atoms with Crippen LogP contribution < -0.4 is 5.32 Å². The zero-order valence-electron chi connectivity index (χ0n) is 10.8. The van der Waals surface area contributed by atoms with E-state index in [0.29, 0.717) is 18.7 Å². The fraction of sp³-hybridized carbons (Fsp3) is 0.538. The molecule has 1 aromatic heterocycles. The number of nitrogens with one attached hydrogen (secondary N) is 1. The maximum absolute atomic E-state index is 11.6. The molecule has 0 aromatic carbocycles. The fourth-order valence-electron chi connectivity index (χ4n) is 1.52. The van der Waals surface area contributed by atoms with Gasteiger partial charge in [0.25, 0.3) is 5.91 Å². The van der Waals surface area contributed by atoms with Gasteiger partial charge in [-0.3, -0.25) is 9.59 Å². The van der Waals surface area contributed by atoms with Gasteiger partial charge in [0.15, 0.2) is 5.76 Å². The predicted molar refractivity (Wildman–Crippen MR) is 66.3 cm³/mol. The van der Waals surface area contributed by atoms with Crippen LogP contribution in [0.2, 0.25) is 0 Å². The summed E-state index contributed by atoms with van der Waals surface area (Å²) in [5.41, 5.74) is 0. The summed E-state index contributed by atoms with van der Waals surface area (Å²) in [4.78, 5) is 22.4. The second-order valence-corrected chi connectivity index (χ2v) is 4.05. The molecule has 0 saturated carbocycles. The Morgan fingerprint density at radius 1 is 1.28 bits per heavy atom. The number of carbonyl (C=O) groups is 2. The van der Waals surface area contributed by atoms with Gasteiger partial charge in [0.05, 0.1) is 7.11 Å². The minimum Gasteiger partial charge on any atom is -0.469 e. The zero-order valence-corrected chi connectivity index (χ0v) is 10.8. The highest BCUT2D eigenvalue weighted by atomic mass is 16.5. The van der Waals surface area contributed by atoms with Crippen molar-refractivity contribution in [3.8, 4) is 0 Å². The second kappa shape index (κ2) is 7.53. The van der Waals surface area contributed by atoms with Gasteiger partial charge in [-0.25, -0.2) is 0 Å². The van der Waals surface area contributed by atoms with Crippen LogP contribution in [-0.2, 0) is 9.53 Å². The fourth-order valence-corrected chi connectivity index (χ4v) is 1.52. The lowest BCUT2D eigenvalue weighted by atomic mass is 10.2. The number of unbranched alkanes of at least 4 members (excludes halogenated alkanes) is 2. The van der Waals surface area contributed by atoms with E-state index in [1.54, 1.807) is 19.1 Å². The zero-order chi connectivity index (χ0) is 13.4. The molecule has 1 N–H and O–H groups in total. The molecule has 1 heterocycles. The quantitative estimate of drug-likeness (QED) is 0.596. The normalized spacial score (nSPS) is 10.1. The molecule has 5 heteroatoms. The Balaban J connectivity index is 2.08.